The van der Waals surface area contributed by atoms with Crippen LogP contribution in [0.15, 0.2) is 60.3 Å². The van der Waals surface area contributed by atoms with E-state index in [9.17, 15) is 28.8 Å². The summed E-state index contributed by atoms with van der Waals surface area (Å²) in [6.45, 7) is 0.590. The minimum atomic E-state index is -1.29. The van der Waals surface area contributed by atoms with Gasteiger partial charge in [0.05, 0.1) is 30.4 Å². The van der Waals surface area contributed by atoms with Crippen molar-refractivity contribution in [3.05, 3.63) is 65.9 Å². The molecule has 0 radical (unpaired) electrons. The number of aldehydes is 1. The first kappa shape index (κ1) is 29.2. The number of carboxylic acid groups (broad SMARTS) is 1. The van der Waals surface area contributed by atoms with Crippen LogP contribution in [0.3, 0.4) is 0 Å². The number of hydrogen-bond acceptors (Lipinski definition) is 6. The van der Waals surface area contributed by atoms with Gasteiger partial charge in [0, 0.05) is 35.2 Å². The molecule has 43 heavy (non-hydrogen) atoms. The van der Waals surface area contributed by atoms with Gasteiger partial charge in [0.25, 0.3) is 11.8 Å². The fraction of sp³-hybridized carbons (Fsp3) is 0.290. The van der Waals surface area contributed by atoms with Crippen LogP contribution < -0.4 is 20.4 Å². The Balaban J connectivity index is 1.48. The molecule has 1 fully saturated rings. The summed E-state index contributed by atoms with van der Waals surface area (Å²) in [5, 5.41) is 15.1. The molecule has 2 unspecified atom stereocenters. The monoisotopic (exact) mass is 585 g/mol. The van der Waals surface area contributed by atoms with E-state index < -0.39 is 48.7 Å². The predicted molar refractivity (Wildman–Crippen MR) is 158 cm³/mol. The Bertz CT molecular complexity index is 1650. The van der Waals surface area contributed by atoms with Gasteiger partial charge in [0.15, 0.2) is 0 Å². The third kappa shape index (κ3) is 6.03. The highest BCUT2D eigenvalue weighted by molar-refractivity contribution is 6.25. The van der Waals surface area contributed by atoms with Gasteiger partial charge in [-0.1, -0.05) is 35.9 Å². The predicted octanol–water partition coefficient (Wildman–Crippen LogP) is 2.15. The van der Waals surface area contributed by atoms with Crippen molar-refractivity contribution in [2.24, 2.45) is 0 Å². The molecule has 0 spiro atoms. The Labute approximate surface area is 246 Å². The number of nitrogens with one attached hydrogen (secondary N) is 3. The van der Waals surface area contributed by atoms with Crippen LogP contribution in [0.1, 0.15) is 38.2 Å². The first-order chi connectivity index (χ1) is 20.7. The zero-order chi connectivity index (χ0) is 30.7. The van der Waals surface area contributed by atoms with Crippen molar-refractivity contribution >= 4 is 63.7 Å². The van der Waals surface area contributed by atoms with E-state index in [4.69, 9.17) is 5.11 Å². The summed E-state index contributed by atoms with van der Waals surface area (Å²) in [7, 11) is 0. The molecule has 3 aromatic rings. The topological polar surface area (TPSA) is 169 Å². The molecule has 2 aliphatic rings. The van der Waals surface area contributed by atoms with Crippen LogP contribution in [0.2, 0.25) is 0 Å². The highest BCUT2D eigenvalue weighted by Gasteiger charge is 2.38. The third-order valence-electron chi connectivity index (χ3n) is 7.68. The SMILES string of the molecule is CC(=O)N1CC(NC(=O)C(=C2CCC2)c2c[nH]c3ccccc23)C(=O)N(CC(=O)NC(C=O)CC(=O)O)c2ccccc21. The number of fused-ring (bicyclic) bond motifs is 2. The van der Waals surface area contributed by atoms with E-state index >= 15 is 0 Å². The number of anilines is 2. The van der Waals surface area contributed by atoms with Crippen molar-refractivity contribution in [1.82, 2.24) is 15.6 Å². The number of carbonyl (C=O) groups excluding carboxylic acids is 5. The van der Waals surface area contributed by atoms with E-state index in [-0.39, 0.29) is 18.1 Å². The first-order valence-electron chi connectivity index (χ1n) is 13.9. The molecule has 1 aliphatic heterocycles. The number of para-hydroxylation sites is 3. The zero-order valence-electron chi connectivity index (χ0n) is 23.5. The molecule has 0 bridgehead atoms. The number of amides is 4. The minimum absolute atomic E-state index is 0.179. The van der Waals surface area contributed by atoms with Gasteiger partial charge in [-0.2, -0.15) is 0 Å². The fourth-order valence-electron chi connectivity index (χ4n) is 5.46. The Morgan fingerprint density at radius 2 is 1.77 bits per heavy atom. The van der Waals surface area contributed by atoms with Crippen LogP contribution in [0.4, 0.5) is 11.4 Å². The maximum atomic E-state index is 14.1. The fourth-order valence-corrected chi connectivity index (χ4v) is 5.46. The molecule has 0 saturated heterocycles. The highest BCUT2D eigenvalue weighted by atomic mass is 16.4. The van der Waals surface area contributed by atoms with Crippen molar-refractivity contribution in [3.8, 4) is 0 Å². The number of nitrogens with zero attached hydrogens (tertiary/aromatic N) is 2. The van der Waals surface area contributed by atoms with Crippen LogP contribution in [-0.2, 0) is 28.8 Å². The Hall–Kier alpha value is -5.26. The maximum Gasteiger partial charge on any atom is 0.305 e. The lowest BCUT2D eigenvalue weighted by atomic mass is 9.84. The number of aromatic nitrogens is 1. The summed E-state index contributed by atoms with van der Waals surface area (Å²) >= 11 is 0. The number of benzene rings is 2. The molecule has 12 nitrogen and oxygen atoms in total. The summed E-state index contributed by atoms with van der Waals surface area (Å²) in [5.41, 5.74) is 3.62. The van der Waals surface area contributed by atoms with Gasteiger partial charge in [-0.3, -0.25) is 28.9 Å². The molecule has 1 saturated carbocycles. The van der Waals surface area contributed by atoms with Crippen molar-refractivity contribution < 1.29 is 33.9 Å². The van der Waals surface area contributed by atoms with Crippen molar-refractivity contribution in [3.63, 3.8) is 0 Å². The summed E-state index contributed by atoms with van der Waals surface area (Å²) in [6, 6.07) is 11.6. The van der Waals surface area contributed by atoms with E-state index in [0.717, 1.165) is 40.6 Å². The van der Waals surface area contributed by atoms with Gasteiger partial charge in [0.2, 0.25) is 11.8 Å². The molecule has 5 rings (SSSR count). The van der Waals surface area contributed by atoms with E-state index in [1.807, 2.05) is 24.3 Å². The molecule has 12 heteroatoms. The summed E-state index contributed by atoms with van der Waals surface area (Å²) in [4.78, 5) is 81.9. The molecule has 222 valence electrons. The van der Waals surface area contributed by atoms with Crippen molar-refractivity contribution in [2.45, 2.75) is 44.7 Å². The summed E-state index contributed by atoms with van der Waals surface area (Å²) in [6.07, 6.45) is 3.89. The molecular formula is C31H31N5O7. The van der Waals surface area contributed by atoms with Gasteiger partial charge in [-0.05, 0) is 37.5 Å². The van der Waals surface area contributed by atoms with E-state index in [1.165, 1.54) is 11.8 Å². The van der Waals surface area contributed by atoms with Gasteiger partial charge in [-0.25, -0.2) is 0 Å². The molecule has 2 heterocycles. The van der Waals surface area contributed by atoms with E-state index in [2.05, 4.69) is 15.6 Å². The normalized spacial score (nSPS) is 16.9. The second kappa shape index (κ2) is 12.3. The lowest BCUT2D eigenvalue weighted by Crippen LogP contribution is -2.54. The van der Waals surface area contributed by atoms with Crippen LogP contribution >= 0.6 is 0 Å². The molecule has 4 amide bonds. The number of aromatic amines is 1. The molecule has 2 aromatic carbocycles. The van der Waals surface area contributed by atoms with E-state index in [0.29, 0.717) is 23.1 Å². The number of aliphatic carboxylic acids is 1. The lowest BCUT2D eigenvalue weighted by Gasteiger charge is -2.27. The Morgan fingerprint density at radius 3 is 2.42 bits per heavy atom. The maximum absolute atomic E-state index is 14.1. The first-order valence-corrected chi connectivity index (χ1v) is 13.9. The van der Waals surface area contributed by atoms with E-state index in [1.54, 1.807) is 30.5 Å². The standard InChI is InChI=1S/C31H31N5O7/c1-18(38)35-15-24(34-30(42)29(19-7-6-8-19)22-14-32-23-10-3-2-9-21(22)23)31(43)36(26-12-5-4-11-25(26)35)16-27(39)33-20(17-37)13-28(40)41/h2-5,9-12,14,17,20,24,32H,6-8,13,15-16H2,1H3,(H,33,39)(H,34,42)(H,40,41). The average molecular weight is 586 g/mol. The number of allylic oxidation sites excluding steroid dienone is 1. The number of hydrogen-bond donors (Lipinski definition) is 4. The average Bonchev–Trinajstić information content (AvgIpc) is 3.33. The molecular weight excluding hydrogens is 554 g/mol. The molecule has 4 N–H and O–H groups in total. The smallest absolute Gasteiger partial charge is 0.305 e. The van der Waals surface area contributed by atoms with Crippen LogP contribution in [0.5, 0.6) is 0 Å². The Morgan fingerprint density at radius 1 is 1.07 bits per heavy atom. The number of H-pyrrole nitrogens is 1. The summed E-state index contributed by atoms with van der Waals surface area (Å²) in [5.74, 6) is -3.54. The van der Waals surface area contributed by atoms with Gasteiger partial charge >= 0.3 is 5.97 Å². The summed E-state index contributed by atoms with van der Waals surface area (Å²) < 4.78 is 0. The van der Waals surface area contributed by atoms with Crippen LogP contribution in [0, 0.1) is 0 Å². The zero-order valence-corrected chi connectivity index (χ0v) is 23.5. The van der Waals surface area contributed by atoms with Crippen molar-refractivity contribution in [1.29, 1.82) is 0 Å². The van der Waals surface area contributed by atoms with Crippen molar-refractivity contribution in [2.75, 3.05) is 22.9 Å². The molecule has 1 aromatic heterocycles. The Kier molecular flexibility index (Phi) is 8.37. The number of carboxylic acids is 1. The van der Waals surface area contributed by atoms with Crippen LogP contribution in [-0.4, -0.2) is 71.1 Å². The number of rotatable bonds is 9. The third-order valence-corrected chi connectivity index (χ3v) is 7.68. The minimum Gasteiger partial charge on any atom is -0.481 e. The molecule has 2 atom stereocenters. The largest absolute Gasteiger partial charge is 0.481 e. The van der Waals surface area contributed by atoms with Gasteiger partial charge in [-0.15, -0.1) is 0 Å². The second-order valence-electron chi connectivity index (χ2n) is 10.6. The number of carbonyl (C=O) groups is 6. The molecule has 1 aliphatic carbocycles. The van der Waals surface area contributed by atoms with Gasteiger partial charge in [0.1, 0.15) is 18.9 Å². The second-order valence-corrected chi connectivity index (χ2v) is 10.6. The highest BCUT2D eigenvalue weighted by Crippen LogP contribution is 2.37. The lowest BCUT2D eigenvalue weighted by molar-refractivity contribution is -0.139. The quantitative estimate of drug-likeness (QED) is 0.220. The van der Waals surface area contributed by atoms with Gasteiger partial charge < -0.3 is 30.4 Å². The van der Waals surface area contributed by atoms with Crippen LogP contribution in [0.25, 0.3) is 16.5 Å².